The zero-order valence-corrected chi connectivity index (χ0v) is 21.9. The molecule has 2 heterocycles. The van der Waals surface area contributed by atoms with Crippen LogP contribution in [0.2, 0.25) is 0 Å². The number of primary amides is 1. The number of amides is 2. The SMILES string of the molecule is N#CCC(=O)N(CCN1C2CCC1CC(c1cccc(C(N)=O)c1)C2)Cc1c(F)cccc1F.O=C(O)C(F)(F)F. The van der Waals surface area contributed by atoms with Gasteiger partial charge in [0.15, 0.2) is 0 Å². The van der Waals surface area contributed by atoms with Crippen LogP contribution in [0.1, 0.15) is 59.5 Å². The minimum atomic E-state index is -5.08. The van der Waals surface area contributed by atoms with E-state index in [0.29, 0.717) is 36.7 Å². The summed E-state index contributed by atoms with van der Waals surface area (Å²) in [4.78, 5) is 36.8. The molecule has 0 spiro atoms. The van der Waals surface area contributed by atoms with E-state index in [-0.39, 0.29) is 18.5 Å². The van der Waals surface area contributed by atoms with Gasteiger partial charge in [0.05, 0.1) is 12.6 Å². The summed E-state index contributed by atoms with van der Waals surface area (Å²) in [6, 6.07) is 13.6. The number of aliphatic carboxylic acids is 1. The molecule has 0 aliphatic carbocycles. The first kappa shape index (κ1) is 31.5. The molecule has 0 aromatic heterocycles. The first-order valence-electron chi connectivity index (χ1n) is 12.8. The molecule has 2 amide bonds. The van der Waals surface area contributed by atoms with Crippen molar-refractivity contribution in [2.24, 2.45) is 5.73 Å². The minimum Gasteiger partial charge on any atom is -0.475 e. The second kappa shape index (κ2) is 13.5. The number of nitriles is 1. The molecule has 2 aliphatic rings. The van der Waals surface area contributed by atoms with Gasteiger partial charge >= 0.3 is 12.1 Å². The Balaban J connectivity index is 0.000000587. The molecule has 41 heavy (non-hydrogen) atoms. The lowest BCUT2D eigenvalue weighted by atomic mass is 9.84. The maximum Gasteiger partial charge on any atom is 0.490 e. The molecule has 0 radical (unpaired) electrons. The van der Waals surface area contributed by atoms with E-state index in [1.165, 1.54) is 23.1 Å². The van der Waals surface area contributed by atoms with Crippen molar-refractivity contribution in [2.75, 3.05) is 13.1 Å². The van der Waals surface area contributed by atoms with Crippen LogP contribution < -0.4 is 5.73 Å². The Morgan fingerprint density at radius 1 is 1.05 bits per heavy atom. The number of carboxylic acid groups (broad SMARTS) is 1. The molecule has 2 fully saturated rings. The summed E-state index contributed by atoms with van der Waals surface area (Å²) >= 11 is 0. The summed E-state index contributed by atoms with van der Waals surface area (Å²) < 4.78 is 60.1. The van der Waals surface area contributed by atoms with Crippen molar-refractivity contribution >= 4 is 17.8 Å². The monoisotopic (exact) mass is 580 g/mol. The molecule has 2 aromatic rings. The average Bonchev–Trinajstić information content (AvgIpc) is 3.14. The number of hydrogen-bond acceptors (Lipinski definition) is 5. The zero-order valence-electron chi connectivity index (χ0n) is 21.9. The number of halogens is 5. The number of nitrogens with zero attached hydrogens (tertiary/aromatic N) is 3. The van der Waals surface area contributed by atoms with Gasteiger partial charge in [-0.2, -0.15) is 18.4 Å². The number of carbonyl (C=O) groups excluding carboxylic acids is 2. The van der Waals surface area contributed by atoms with E-state index in [9.17, 15) is 31.5 Å². The standard InChI is InChI=1S/C26H28F2N4O2.C2HF3O2/c27-23-5-2-6-24(28)22(23)16-31(25(33)9-10-29)11-12-32-20-7-8-21(32)15-19(14-20)17-3-1-4-18(13-17)26(30)34;3-2(4,5)1(6)7/h1-6,13,19-21H,7-9,11-12,14-16H2,(H2,30,34);(H,6,7). The van der Waals surface area contributed by atoms with Gasteiger partial charge in [-0.1, -0.05) is 18.2 Å². The van der Waals surface area contributed by atoms with Gasteiger partial charge in [-0.05, 0) is 61.4 Å². The van der Waals surface area contributed by atoms with E-state index in [1.807, 2.05) is 24.3 Å². The molecular weight excluding hydrogens is 551 g/mol. The Morgan fingerprint density at radius 2 is 1.61 bits per heavy atom. The lowest BCUT2D eigenvalue weighted by Crippen LogP contribution is -2.46. The normalized spacial score (nSPS) is 20.0. The van der Waals surface area contributed by atoms with Gasteiger partial charge in [-0.3, -0.25) is 14.5 Å². The van der Waals surface area contributed by atoms with Gasteiger partial charge in [-0.15, -0.1) is 0 Å². The molecule has 2 atom stereocenters. The molecule has 4 rings (SSSR count). The summed E-state index contributed by atoms with van der Waals surface area (Å²) in [6.07, 6.45) is -1.45. The molecule has 2 aliphatic heterocycles. The maximum atomic E-state index is 14.2. The highest BCUT2D eigenvalue weighted by atomic mass is 19.4. The van der Waals surface area contributed by atoms with E-state index in [0.717, 1.165) is 31.2 Å². The second-order valence-electron chi connectivity index (χ2n) is 9.93. The third kappa shape index (κ3) is 8.23. The van der Waals surface area contributed by atoms with Crippen LogP contribution >= 0.6 is 0 Å². The minimum absolute atomic E-state index is 0.162. The number of rotatable bonds is 8. The van der Waals surface area contributed by atoms with E-state index < -0.39 is 35.6 Å². The molecule has 0 saturated carbocycles. The third-order valence-corrected chi connectivity index (χ3v) is 7.39. The average molecular weight is 581 g/mol. The Kier molecular flexibility index (Phi) is 10.4. The Labute approximate surface area is 233 Å². The number of carbonyl (C=O) groups is 3. The van der Waals surface area contributed by atoms with E-state index in [4.69, 9.17) is 20.9 Å². The predicted molar refractivity (Wildman–Crippen MR) is 136 cm³/mol. The van der Waals surface area contributed by atoms with Crippen LogP contribution in [-0.4, -0.2) is 64.0 Å². The van der Waals surface area contributed by atoms with Gasteiger partial charge < -0.3 is 15.7 Å². The zero-order chi connectivity index (χ0) is 30.3. The summed E-state index contributed by atoms with van der Waals surface area (Å²) in [6.45, 7) is 0.671. The Morgan fingerprint density at radius 3 is 2.12 bits per heavy atom. The first-order valence-corrected chi connectivity index (χ1v) is 12.8. The number of piperidine rings is 1. The topological polar surface area (TPSA) is 128 Å². The number of hydrogen-bond donors (Lipinski definition) is 2. The maximum absolute atomic E-state index is 14.2. The highest BCUT2D eigenvalue weighted by Crippen LogP contribution is 2.43. The first-order chi connectivity index (χ1) is 19.3. The van der Waals surface area contributed by atoms with Gasteiger partial charge in [0.2, 0.25) is 11.8 Å². The third-order valence-electron chi connectivity index (χ3n) is 7.39. The van der Waals surface area contributed by atoms with Crippen LogP contribution in [0.3, 0.4) is 0 Å². The van der Waals surface area contributed by atoms with Crippen LogP contribution in [0.5, 0.6) is 0 Å². The number of carboxylic acids is 1. The molecule has 2 unspecified atom stereocenters. The van der Waals surface area contributed by atoms with E-state index >= 15 is 0 Å². The molecule has 13 heteroatoms. The number of nitrogens with two attached hydrogens (primary N) is 1. The molecule has 8 nitrogen and oxygen atoms in total. The van der Waals surface area contributed by atoms with Crippen LogP contribution in [0.15, 0.2) is 42.5 Å². The van der Waals surface area contributed by atoms with Crippen molar-refractivity contribution in [3.05, 3.63) is 70.8 Å². The van der Waals surface area contributed by atoms with Crippen LogP contribution in [0.4, 0.5) is 22.0 Å². The van der Waals surface area contributed by atoms with Gasteiger partial charge in [-0.25, -0.2) is 13.6 Å². The molecule has 2 aromatic carbocycles. The molecule has 2 bridgehead atoms. The lowest BCUT2D eigenvalue weighted by Gasteiger charge is -2.40. The molecular formula is C28H29F5N4O4. The summed E-state index contributed by atoms with van der Waals surface area (Å²) in [5.74, 6) is -4.70. The van der Waals surface area contributed by atoms with Crippen molar-refractivity contribution in [1.29, 1.82) is 5.26 Å². The van der Waals surface area contributed by atoms with Gasteiger partial charge in [0, 0.05) is 36.3 Å². The number of fused-ring (bicyclic) bond motifs is 2. The Hall–Kier alpha value is -4.05. The van der Waals surface area contributed by atoms with Crippen LogP contribution in [-0.2, 0) is 16.1 Å². The fourth-order valence-corrected chi connectivity index (χ4v) is 5.44. The predicted octanol–water partition coefficient (Wildman–Crippen LogP) is 4.35. The summed E-state index contributed by atoms with van der Waals surface area (Å²) in [5.41, 5.74) is 6.91. The van der Waals surface area contributed by atoms with Gasteiger partial charge in [0.25, 0.3) is 0 Å². The summed E-state index contributed by atoms with van der Waals surface area (Å²) in [5, 5.41) is 16.1. The van der Waals surface area contributed by atoms with Crippen LogP contribution in [0.25, 0.3) is 0 Å². The number of benzene rings is 2. The fourth-order valence-electron chi connectivity index (χ4n) is 5.44. The molecule has 2 saturated heterocycles. The van der Waals surface area contributed by atoms with E-state index in [1.54, 1.807) is 6.07 Å². The fraction of sp³-hybridized carbons (Fsp3) is 0.429. The highest BCUT2D eigenvalue weighted by molar-refractivity contribution is 5.92. The Bertz CT molecular complexity index is 1280. The van der Waals surface area contributed by atoms with Crippen molar-refractivity contribution in [1.82, 2.24) is 9.80 Å². The van der Waals surface area contributed by atoms with E-state index in [2.05, 4.69) is 4.90 Å². The number of alkyl halides is 3. The van der Waals surface area contributed by atoms with Crippen LogP contribution in [0, 0.1) is 23.0 Å². The van der Waals surface area contributed by atoms with Gasteiger partial charge in [0.1, 0.15) is 18.1 Å². The molecule has 3 N–H and O–H groups in total. The highest BCUT2D eigenvalue weighted by Gasteiger charge is 2.41. The summed E-state index contributed by atoms with van der Waals surface area (Å²) in [7, 11) is 0. The van der Waals surface area contributed by atoms with Crippen molar-refractivity contribution in [2.45, 2.75) is 62.8 Å². The quantitative estimate of drug-likeness (QED) is 0.447. The lowest BCUT2D eigenvalue weighted by molar-refractivity contribution is -0.192. The smallest absolute Gasteiger partial charge is 0.475 e. The van der Waals surface area contributed by atoms with Crippen molar-refractivity contribution < 1.29 is 41.4 Å². The molecule has 220 valence electrons. The largest absolute Gasteiger partial charge is 0.490 e. The second-order valence-corrected chi connectivity index (χ2v) is 9.93. The van der Waals surface area contributed by atoms with Crippen molar-refractivity contribution in [3.8, 4) is 6.07 Å². The van der Waals surface area contributed by atoms with Crippen molar-refractivity contribution in [3.63, 3.8) is 0 Å².